The van der Waals surface area contributed by atoms with Gasteiger partial charge in [0, 0.05) is 0 Å². The lowest BCUT2D eigenvalue weighted by Crippen LogP contribution is -1.77. The Morgan fingerprint density at radius 1 is 1.33 bits per heavy atom. The van der Waals surface area contributed by atoms with Crippen LogP contribution in [0.25, 0.3) is 0 Å². The van der Waals surface area contributed by atoms with E-state index >= 15 is 0 Å². The van der Waals surface area contributed by atoms with E-state index in [1.165, 1.54) is 11.8 Å². The molecular formula is C8H9N3S. The molecule has 0 atom stereocenters. The fraction of sp³-hybridized carbons (Fsp3) is 0.125. The molecule has 1 aromatic carbocycles. The van der Waals surface area contributed by atoms with Gasteiger partial charge in [-0.25, -0.2) is 0 Å². The lowest BCUT2D eigenvalue weighted by atomic mass is 10.3. The first-order valence-corrected chi connectivity index (χ1v) is 4.65. The summed E-state index contributed by atoms with van der Waals surface area (Å²) in [5.74, 6) is 0. The summed E-state index contributed by atoms with van der Waals surface area (Å²) in [6.45, 7) is 0. The second kappa shape index (κ2) is 4.66. The highest BCUT2D eigenvalue weighted by Crippen LogP contribution is 2.11. The summed E-state index contributed by atoms with van der Waals surface area (Å²) in [4.78, 5) is 0. The molecule has 0 unspecified atom stereocenters. The van der Waals surface area contributed by atoms with Gasteiger partial charge in [0.1, 0.15) is 0 Å². The minimum Gasteiger partial charge on any atom is -0.275 e. The molecule has 0 heterocycles. The van der Waals surface area contributed by atoms with Gasteiger partial charge in [0.05, 0.1) is 5.69 Å². The van der Waals surface area contributed by atoms with Crippen molar-refractivity contribution in [2.24, 2.45) is 10.2 Å². The molecule has 1 aromatic rings. The molecule has 1 rings (SSSR count). The molecule has 0 radical (unpaired) electrons. The molecule has 1 N–H and O–H groups in total. The second-order valence-electron chi connectivity index (χ2n) is 2.04. The van der Waals surface area contributed by atoms with Gasteiger partial charge >= 0.3 is 0 Å². The highest BCUT2D eigenvalue weighted by atomic mass is 32.2. The van der Waals surface area contributed by atoms with E-state index < -0.39 is 0 Å². The topological polar surface area (TPSA) is 48.6 Å². The molecule has 4 heteroatoms. The van der Waals surface area contributed by atoms with Crippen LogP contribution < -0.4 is 0 Å². The number of azo groups is 1. The summed E-state index contributed by atoms with van der Waals surface area (Å²) < 4.78 is 0. The van der Waals surface area contributed by atoms with E-state index in [0.29, 0.717) is 0 Å². The molecule has 0 aliphatic heterocycles. The van der Waals surface area contributed by atoms with Crippen LogP contribution in [0.1, 0.15) is 0 Å². The Hall–Kier alpha value is -1.16. The van der Waals surface area contributed by atoms with Gasteiger partial charge in [0.25, 0.3) is 0 Å². The number of hydrogen-bond donors (Lipinski definition) is 1. The molecule has 62 valence electrons. The minimum absolute atomic E-state index is 0.221. The van der Waals surface area contributed by atoms with Crippen LogP contribution in [-0.4, -0.2) is 11.4 Å². The van der Waals surface area contributed by atoms with Gasteiger partial charge in [-0.3, -0.25) is 5.41 Å². The molecule has 3 nitrogen and oxygen atoms in total. The summed E-state index contributed by atoms with van der Waals surface area (Å²) >= 11 is 1.27. The van der Waals surface area contributed by atoms with Crippen molar-refractivity contribution in [1.29, 1.82) is 5.41 Å². The number of rotatable bonds is 1. The van der Waals surface area contributed by atoms with E-state index in [-0.39, 0.29) is 5.17 Å². The number of amidine groups is 1. The van der Waals surface area contributed by atoms with Crippen LogP contribution in [0, 0.1) is 5.41 Å². The smallest absolute Gasteiger partial charge is 0.201 e. The molecule has 0 fully saturated rings. The first kappa shape index (κ1) is 8.93. The third kappa shape index (κ3) is 2.84. The Bertz CT molecular complexity index is 282. The van der Waals surface area contributed by atoms with E-state index in [2.05, 4.69) is 10.2 Å². The van der Waals surface area contributed by atoms with Gasteiger partial charge in [-0.15, -0.1) is 10.2 Å². The predicted octanol–water partition coefficient (Wildman–Crippen LogP) is 3.07. The molecule has 0 saturated heterocycles. The molecule has 0 aliphatic rings. The van der Waals surface area contributed by atoms with E-state index in [0.717, 1.165) is 5.69 Å². The van der Waals surface area contributed by atoms with Gasteiger partial charge in [-0.1, -0.05) is 30.0 Å². The van der Waals surface area contributed by atoms with Crippen molar-refractivity contribution in [2.75, 3.05) is 6.26 Å². The maximum atomic E-state index is 7.19. The van der Waals surface area contributed by atoms with Crippen LogP contribution in [0.3, 0.4) is 0 Å². The molecule has 0 aromatic heterocycles. The lowest BCUT2D eigenvalue weighted by molar-refractivity contribution is 1.27. The second-order valence-corrected chi connectivity index (χ2v) is 2.84. The maximum absolute atomic E-state index is 7.19. The zero-order chi connectivity index (χ0) is 8.81. The normalized spacial score (nSPS) is 10.4. The van der Waals surface area contributed by atoms with Crippen LogP contribution >= 0.6 is 11.8 Å². The number of hydrogen-bond acceptors (Lipinski definition) is 3. The SMILES string of the molecule is CSC(=N)N=Nc1ccccc1. The Labute approximate surface area is 75.4 Å². The molecule has 0 aliphatic carbocycles. The van der Waals surface area contributed by atoms with E-state index in [1.807, 2.05) is 30.3 Å². The van der Waals surface area contributed by atoms with Crippen molar-refractivity contribution in [2.45, 2.75) is 0 Å². The minimum atomic E-state index is 0.221. The summed E-state index contributed by atoms with van der Waals surface area (Å²) in [5.41, 5.74) is 0.774. The Balaban J connectivity index is 2.64. The van der Waals surface area contributed by atoms with Crippen molar-refractivity contribution in [1.82, 2.24) is 0 Å². The Morgan fingerprint density at radius 3 is 2.58 bits per heavy atom. The van der Waals surface area contributed by atoms with Crippen LogP contribution in [0.4, 0.5) is 5.69 Å². The van der Waals surface area contributed by atoms with Crippen molar-refractivity contribution < 1.29 is 0 Å². The standard InChI is InChI=1S/C8H9N3S/c1-12-8(9)11-10-7-5-3-2-4-6-7/h2-6,9H,1H3. The summed E-state index contributed by atoms with van der Waals surface area (Å²) in [6, 6.07) is 9.38. The number of nitrogens with one attached hydrogen (secondary N) is 1. The third-order valence-corrected chi connectivity index (χ3v) is 1.67. The van der Waals surface area contributed by atoms with Gasteiger partial charge in [-0.05, 0) is 18.4 Å². The number of benzene rings is 1. The molecular weight excluding hydrogens is 170 g/mol. The van der Waals surface area contributed by atoms with Gasteiger partial charge in [-0.2, -0.15) is 0 Å². The van der Waals surface area contributed by atoms with Crippen LogP contribution in [0.5, 0.6) is 0 Å². The zero-order valence-electron chi connectivity index (χ0n) is 6.69. The number of nitrogens with zero attached hydrogens (tertiary/aromatic N) is 2. The summed E-state index contributed by atoms with van der Waals surface area (Å²) in [5, 5.41) is 15.0. The predicted molar refractivity (Wildman–Crippen MR) is 52.2 cm³/mol. The van der Waals surface area contributed by atoms with Gasteiger partial charge in [0.2, 0.25) is 5.17 Å². The largest absolute Gasteiger partial charge is 0.275 e. The fourth-order valence-corrected chi connectivity index (χ4v) is 0.761. The van der Waals surface area contributed by atoms with Crippen molar-refractivity contribution >= 4 is 22.6 Å². The maximum Gasteiger partial charge on any atom is 0.201 e. The average molecular weight is 179 g/mol. The van der Waals surface area contributed by atoms with E-state index in [1.54, 1.807) is 6.26 Å². The van der Waals surface area contributed by atoms with Crippen LogP contribution in [-0.2, 0) is 0 Å². The van der Waals surface area contributed by atoms with Crippen molar-refractivity contribution in [3.05, 3.63) is 30.3 Å². The first-order chi connectivity index (χ1) is 5.83. The molecule has 0 amide bonds. The highest BCUT2D eigenvalue weighted by Gasteiger charge is 1.88. The lowest BCUT2D eigenvalue weighted by Gasteiger charge is -1.89. The fourth-order valence-electron chi connectivity index (χ4n) is 0.639. The highest BCUT2D eigenvalue weighted by molar-refractivity contribution is 8.13. The molecule has 0 saturated carbocycles. The van der Waals surface area contributed by atoms with Crippen molar-refractivity contribution in [3.8, 4) is 0 Å². The molecule has 0 bridgehead atoms. The average Bonchev–Trinajstić information content (AvgIpc) is 2.16. The zero-order valence-corrected chi connectivity index (χ0v) is 7.51. The molecule has 0 spiro atoms. The number of thioether (sulfide) groups is 1. The van der Waals surface area contributed by atoms with E-state index in [4.69, 9.17) is 5.41 Å². The first-order valence-electron chi connectivity index (χ1n) is 3.42. The quantitative estimate of drug-likeness (QED) is 0.402. The summed E-state index contributed by atoms with van der Waals surface area (Å²) in [6.07, 6.45) is 1.80. The van der Waals surface area contributed by atoms with Crippen LogP contribution in [0.15, 0.2) is 40.6 Å². The monoisotopic (exact) mass is 179 g/mol. The molecule has 12 heavy (non-hydrogen) atoms. The van der Waals surface area contributed by atoms with Crippen molar-refractivity contribution in [3.63, 3.8) is 0 Å². The Morgan fingerprint density at radius 2 is 2.00 bits per heavy atom. The summed E-state index contributed by atoms with van der Waals surface area (Å²) in [7, 11) is 0. The van der Waals surface area contributed by atoms with Crippen LogP contribution in [0.2, 0.25) is 0 Å². The van der Waals surface area contributed by atoms with E-state index in [9.17, 15) is 0 Å². The van der Waals surface area contributed by atoms with Gasteiger partial charge < -0.3 is 0 Å². The third-order valence-electron chi connectivity index (χ3n) is 1.21. The Kier molecular flexibility index (Phi) is 3.47. The van der Waals surface area contributed by atoms with Gasteiger partial charge in [0.15, 0.2) is 0 Å².